The molecule has 0 radical (unpaired) electrons. The van der Waals surface area contributed by atoms with E-state index in [1.165, 1.54) is 4.90 Å². The van der Waals surface area contributed by atoms with Crippen LogP contribution in [0.15, 0.2) is 0 Å². The maximum absolute atomic E-state index is 13.7. The largest absolute Gasteiger partial charge is 0.471 e. The number of nitrogens with one attached hydrogen (secondary N) is 3. The molecule has 0 bridgehead atoms. The summed E-state index contributed by atoms with van der Waals surface area (Å²) in [5.41, 5.74) is -1.26. The molecule has 0 aromatic carbocycles. The molecule has 2 unspecified atom stereocenters. The lowest BCUT2D eigenvalue weighted by Crippen LogP contribution is -2.63. The predicted molar refractivity (Wildman–Crippen MR) is 127 cm³/mol. The molecule has 5 rings (SSSR count). The van der Waals surface area contributed by atoms with Crippen LogP contribution in [0.5, 0.6) is 0 Å². The number of amides is 4. The molecule has 0 aromatic heterocycles. The van der Waals surface area contributed by atoms with Crippen LogP contribution in [0.1, 0.15) is 65.7 Å². The summed E-state index contributed by atoms with van der Waals surface area (Å²) in [6.45, 7) is 5.81. The van der Waals surface area contributed by atoms with Crippen molar-refractivity contribution in [1.82, 2.24) is 20.9 Å². The number of rotatable bonds is 7. The van der Waals surface area contributed by atoms with Gasteiger partial charge in [-0.05, 0) is 61.2 Å². The van der Waals surface area contributed by atoms with E-state index in [0.29, 0.717) is 19.3 Å². The fraction of sp³-hybridized carbons (Fsp3) is 0.808. The van der Waals surface area contributed by atoms with Crippen LogP contribution in [0.3, 0.4) is 0 Å². The van der Waals surface area contributed by atoms with Gasteiger partial charge in [0.25, 0.3) is 0 Å². The molecule has 2 heterocycles. The Hall–Kier alpha value is -2.84. The average Bonchev–Trinajstić information content (AvgIpc) is 3.53. The second kappa shape index (κ2) is 8.58. The molecule has 1 spiro atoms. The Bertz CT molecular complexity index is 1110. The lowest BCUT2D eigenvalue weighted by molar-refractivity contribution is -0.177. The van der Waals surface area contributed by atoms with Crippen molar-refractivity contribution in [2.24, 2.45) is 28.6 Å². The quantitative estimate of drug-likeness (QED) is 0.456. The molecule has 5 aliphatic rings. The summed E-state index contributed by atoms with van der Waals surface area (Å²) in [4.78, 5) is 52.8. The summed E-state index contributed by atoms with van der Waals surface area (Å²) in [6.07, 6.45) is -0.887. The Balaban J connectivity index is 1.33. The standard InChI is InChI=1S/C26H34F3N5O4/c1-23(2)15-12-34(21(37)18(24(3)5-4-6-24)32-22(38)26(27,28)29)17(16(15)23)20(36)31-14(11-30)9-13-10-25(7-8-25)33-19(13)35/h13-18H,4-10,12H2,1-3H3,(H,31,36)(H,32,38)(H,33,35)/t13-,14+,15?,16?,17+,18-/m1/s1. The zero-order valence-electron chi connectivity index (χ0n) is 21.8. The lowest BCUT2D eigenvalue weighted by atomic mass is 9.65. The van der Waals surface area contributed by atoms with E-state index in [4.69, 9.17) is 0 Å². The van der Waals surface area contributed by atoms with E-state index in [1.807, 2.05) is 19.2 Å². The number of piperidine rings is 1. The lowest BCUT2D eigenvalue weighted by Gasteiger charge is -2.46. The summed E-state index contributed by atoms with van der Waals surface area (Å²) >= 11 is 0. The van der Waals surface area contributed by atoms with E-state index in [1.54, 1.807) is 6.92 Å². The van der Waals surface area contributed by atoms with Crippen molar-refractivity contribution in [2.75, 3.05) is 6.54 Å². The van der Waals surface area contributed by atoms with Crippen LogP contribution in [0, 0.1) is 39.9 Å². The molecule has 3 N–H and O–H groups in total. The first-order valence-electron chi connectivity index (χ1n) is 13.3. The number of halogens is 3. The number of nitrogens with zero attached hydrogens (tertiary/aromatic N) is 2. The van der Waals surface area contributed by atoms with Gasteiger partial charge in [0.1, 0.15) is 18.1 Å². The van der Waals surface area contributed by atoms with Crippen molar-refractivity contribution in [3.8, 4) is 6.07 Å². The van der Waals surface area contributed by atoms with Gasteiger partial charge in [0, 0.05) is 18.0 Å². The second-order valence-corrected chi connectivity index (χ2v) is 12.9. The Morgan fingerprint density at radius 1 is 1.16 bits per heavy atom. The summed E-state index contributed by atoms with van der Waals surface area (Å²) in [7, 11) is 0. The smallest absolute Gasteiger partial charge is 0.350 e. The number of nitriles is 1. The van der Waals surface area contributed by atoms with E-state index >= 15 is 0 Å². The molecule has 4 amide bonds. The molecule has 3 aliphatic carbocycles. The van der Waals surface area contributed by atoms with Crippen LogP contribution in [0.25, 0.3) is 0 Å². The molecule has 12 heteroatoms. The molecule has 2 saturated heterocycles. The molecule has 6 atom stereocenters. The number of likely N-dealkylation sites (tertiary alicyclic amines) is 1. The molecule has 9 nitrogen and oxygen atoms in total. The minimum Gasteiger partial charge on any atom is -0.350 e. The summed E-state index contributed by atoms with van der Waals surface area (Å²) < 4.78 is 39.3. The monoisotopic (exact) mass is 537 g/mol. The van der Waals surface area contributed by atoms with Crippen LogP contribution in [-0.2, 0) is 19.2 Å². The van der Waals surface area contributed by atoms with Gasteiger partial charge in [-0.2, -0.15) is 18.4 Å². The number of hydrogen-bond acceptors (Lipinski definition) is 5. The number of carbonyl (C=O) groups excluding carboxylic acids is 4. The summed E-state index contributed by atoms with van der Waals surface area (Å²) in [6, 6.07) is -1.28. The van der Waals surface area contributed by atoms with Crippen molar-refractivity contribution >= 4 is 23.6 Å². The van der Waals surface area contributed by atoms with Crippen LogP contribution >= 0.6 is 0 Å². The zero-order chi connectivity index (χ0) is 27.8. The second-order valence-electron chi connectivity index (χ2n) is 12.9. The van der Waals surface area contributed by atoms with Crippen LogP contribution in [0.4, 0.5) is 13.2 Å². The first-order chi connectivity index (χ1) is 17.6. The number of carbonyl (C=O) groups is 4. The fourth-order valence-corrected chi connectivity index (χ4v) is 7.08. The van der Waals surface area contributed by atoms with Gasteiger partial charge in [-0.1, -0.05) is 27.2 Å². The van der Waals surface area contributed by atoms with E-state index in [2.05, 4.69) is 16.7 Å². The highest BCUT2D eigenvalue weighted by atomic mass is 19.4. The maximum atomic E-state index is 13.7. The molecule has 208 valence electrons. The van der Waals surface area contributed by atoms with Crippen molar-refractivity contribution < 1.29 is 32.3 Å². The maximum Gasteiger partial charge on any atom is 0.471 e. The molecule has 38 heavy (non-hydrogen) atoms. The van der Waals surface area contributed by atoms with Gasteiger partial charge in [-0.3, -0.25) is 19.2 Å². The Labute approximate surface area is 219 Å². The zero-order valence-corrected chi connectivity index (χ0v) is 21.8. The number of fused-ring (bicyclic) bond motifs is 1. The minimum atomic E-state index is -5.14. The minimum absolute atomic E-state index is 0.0220. The first kappa shape index (κ1) is 26.8. The Morgan fingerprint density at radius 2 is 1.82 bits per heavy atom. The highest BCUT2D eigenvalue weighted by Gasteiger charge is 2.70. The highest BCUT2D eigenvalue weighted by Crippen LogP contribution is 2.65. The SMILES string of the molecule is CC1(C)C2CN(C(=O)[C@@H](NC(=O)C(F)(F)F)C3(C)CCC3)[C@H](C(=O)N[C@H](C#N)C[C@@H]3CC4(CC4)NC3=O)C21. The van der Waals surface area contributed by atoms with E-state index in [9.17, 15) is 37.6 Å². The van der Waals surface area contributed by atoms with E-state index in [-0.39, 0.29) is 41.7 Å². The van der Waals surface area contributed by atoms with Crippen LogP contribution < -0.4 is 16.0 Å². The number of alkyl halides is 3. The predicted octanol–water partition coefficient (Wildman–Crippen LogP) is 1.77. The van der Waals surface area contributed by atoms with E-state index < -0.39 is 53.4 Å². The summed E-state index contributed by atoms with van der Waals surface area (Å²) in [5, 5.41) is 17.4. The Kier molecular flexibility index (Phi) is 6.04. The van der Waals surface area contributed by atoms with Crippen LogP contribution in [0.2, 0.25) is 0 Å². The third-order valence-electron chi connectivity index (χ3n) is 9.98. The highest BCUT2D eigenvalue weighted by molar-refractivity contribution is 5.95. The van der Waals surface area contributed by atoms with Gasteiger partial charge in [-0.15, -0.1) is 0 Å². The Morgan fingerprint density at radius 3 is 2.32 bits per heavy atom. The molecule has 2 aliphatic heterocycles. The van der Waals surface area contributed by atoms with Crippen molar-refractivity contribution in [1.29, 1.82) is 5.26 Å². The van der Waals surface area contributed by atoms with Gasteiger partial charge >= 0.3 is 12.1 Å². The van der Waals surface area contributed by atoms with Gasteiger partial charge in [0.15, 0.2) is 0 Å². The normalized spacial score (nSPS) is 32.8. The molecule has 5 fully saturated rings. The van der Waals surface area contributed by atoms with Gasteiger partial charge < -0.3 is 20.9 Å². The summed E-state index contributed by atoms with van der Waals surface area (Å²) in [5.74, 6) is -4.20. The molecular formula is C26H34F3N5O4. The fourth-order valence-electron chi connectivity index (χ4n) is 7.08. The van der Waals surface area contributed by atoms with Crippen LogP contribution in [-0.4, -0.2) is 64.9 Å². The third kappa shape index (κ3) is 4.41. The van der Waals surface area contributed by atoms with Crippen molar-refractivity contribution in [2.45, 2.75) is 95.6 Å². The van der Waals surface area contributed by atoms with Gasteiger partial charge in [-0.25, -0.2) is 0 Å². The third-order valence-corrected chi connectivity index (χ3v) is 9.98. The molecule has 3 saturated carbocycles. The van der Waals surface area contributed by atoms with Crippen molar-refractivity contribution in [3.63, 3.8) is 0 Å². The van der Waals surface area contributed by atoms with Gasteiger partial charge in [0.2, 0.25) is 17.7 Å². The molecular weight excluding hydrogens is 503 g/mol. The number of hydrogen-bond donors (Lipinski definition) is 3. The topological polar surface area (TPSA) is 131 Å². The average molecular weight is 538 g/mol. The first-order valence-corrected chi connectivity index (χ1v) is 13.3. The van der Waals surface area contributed by atoms with E-state index in [0.717, 1.165) is 19.3 Å². The molecule has 0 aromatic rings. The van der Waals surface area contributed by atoms with Gasteiger partial charge in [0.05, 0.1) is 6.07 Å². The van der Waals surface area contributed by atoms with Crippen molar-refractivity contribution in [3.05, 3.63) is 0 Å².